The van der Waals surface area contributed by atoms with Gasteiger partial charge in [-0.25, -0.2) is 0 Å². The first-order valence-corrected chi connectivity index (χ1v) is 16.0. The third-order valence-electron chi connectivity index (χ3n) is 6.75. The molecule has 0 fully saturated rings. The second kappa shape index (κ2) is 15.0. The normalized spacial score (nSPS) is 13.5. The Labute approximate surface area is 237 Å². The van der Waals surface area contributed by atoms with Crippen molar-refractivity contribution in [2.75, 3.05) is 0 Å². The molecule has 3 rings (SSSR count). The lowest BCUT2D eigenvalue weighted by molar-refractivity contribution is 0.461. The van der Waals surface area contributed by atoms with Crippen LogP contribution in [-0.2, 0) is 38.9 Å². The van der Waals surface area contributed by atoms with Crippen LogP contribution in [-0.4, -0.2) is 23.9 Å². The molecule has 3 aromatic carbocycles. The van der Waals surface area contributed by atoms with Gasteiger partial charge in [-0.3, -0.25) is 0 Å². The van der Waals surface area contributed by atoms with Gasteiger partial charge in [0.25, 0.3) is 0 Å². The Kier molecular flexibility index (Phi) is 11.5. The molecule has 9 nitrogen and oxygen atoms in total. The van der Waals surface area contributed by atoms with E-state index in [0.717, 1.165) is 23.1 Å². The van der Waals surface area contributed by atoms with Crippen LogP contribution in [0.2, 0.25) is 6.04 Å². The lowest BCUT2D eigenvalue weighted by Crippen LogP contribution is -2.26. The van der Waals surface area contributed by atoms with E-state index in [1.807, 2.05) is 82.3 Å². The number of hydrogen-bond acceptors (Lipinski definition) is 9. The van der Waals surface area contributed by atoms with E-state index in [1.165, 1.54) is 0 Å². The number of benzene rings is 3. The van der Waals surface area contributed by atoms with Gasteiger partial charge in [-0.15, -0.1) is 0 Å². The highest BCUT2D eigenvalue weighted by atomic mass is 28.4. The number of nitrogens with zero attached hydrogens (tertiary/aromatic N) is 6. The fourth-order valence-electron chi connectivity index (χ4n) is 4.39. The average Bonchev–Trinajstić information content (AvgIpc) is 2.96. The summed E-state index contributed by atoms with van der Waals surface area (Å²) in [5, 5.41) is 45.0. The van der Waals surface area contributed by atoms with Crippen LogP contribution in [0.1, 0.15) is 67.5 Å². The maximum absolute atomic E-state index is 10.6. The molecule has 0 aliphatic rings. The number of rotatable bonds is 14. The highest BCUT2D eigenvalue weighted by Crippen LogP contribution is 2.28. The average molecular weight is 561 g/mol. The predicted octanol–water partition coefficient (Wildman–Crippen LogP) is 8.10. The Morgan fingerprint density at radius 3 is 1.07 bits per heavy atom. The molecule has 3 N–H and O–H groups in total. The zero-order valence-corrected chi connectivity index (χ0v) is 24.9. The van der Waals surface area contributed by atoms with Gasteiger partial charge in [-0.05, 0) is 36.0 Å². The van der Waals surface area contributed by atoms with Crippen molar-refractivity contribution in [3.8, 4) is 17.2 Å². The zero-order chi connectivity index (χ0) is 29.0. The molecule has 0 spiro atoms. The molecule has 0 aliphatic heterocycles. The molecular formula is C30H40N6O3Si. The largest absolute Gasteiger partial charge is 0.507 e. The van der Waals surface area contributed by atoms with Gasteiger partial charge >= 0.3 is 8.56 Å². The topological polar surface area (TPSA) is 135 Å². The molecule has 0 atom stereocenters. The third kappa shape index (κ3) is 7.81. The Morgan fingerprint density at radius 1 is 0.500 bits per heavy atom. The molecule has 0 saturated carbocycles. The highest BCUT2D eigenvalue weighted by Gasteiger charge is 2.36. The summed E-state index contributed by atoms with van der Waals surface area (Å²) in [4.78, 5) is 0. The van der Waals surface area contributed by atoms with Crippen molar-refractivity contribution in [2.24, 2.45) is 29.7 Å². The van der Waals surface area contributed by atoms with Crippen molar-refractivity contribution in [1.29, 1.82) is 0 Å². The fourth-order valence-corrected chi connectivity index (χ4v) is 6.37. The number of para-hydroxylation sites is 3. The molecule has 0 heterocycles. The minimum Gasteiger partial charge on any atom is -0.507 e. The van der Waals surface area contributed by atoms with Gasteiger partial charge in [0, 0.05) is 22.7 Å². The first-order chi connectivity index (χ1) is 19.4. The molecule has 40 heavy (non-hydrogen) atoms. The Bertz CT molecular complexity index is 1200. The molecule has 0 amide bonds. The second-order valence-corrected chi connectivity index (χ2v) is 12.2. The van der Waals surface area contributed by atoms with Crippen molar-refractivity contribution < 1.29 is 15.3 Å². The molecule has 3 aromatic rings. The van der Waals surface area contributed by atoms with Gasteiger partial charge in [0.2, 0.25) is 0 Å². The summed E-state index contributed by atoms with van der Waals surface area (Å²) in [5.74, 6) is 0.688. The van der Waals surface area contributed by atoms with E-state index in [9.17, 15) is 15.3 Å². The van der Waals surface area contributed by atoms with Crippen LogP contribution in [0.3, 0.4) is 0 Å². The van der Waals surface area contributed by atoms with E-state index in [-0.39, 0.29) is 36.9 Å². The highest BCUT2D eigenvalue weighted by molar-refractivity contribution is 6.74. The second-order valence-electron chi connectivity index (χ2n) is 9.56. The Morgan fingerprint density at radius 2 is 0.800 bits per heavy atom. The molecular weight excluding hydrogens is 520 g/mol. The molecule has 0 aromatic heterocycles. The standard InChI is InChI=1S/C30H40N6O3Si/c1-5-18-40(34-31-19-25-15-9-12-22(6-2)28(25)37,35-32-20-26-16-10-13-23(7-3)29(26)38)36-33-21-27-17-11-14-24(8-4)30(27)39/h9-17,37-39H,5-8,18-21H2,1-4H3. The number of phenols is 3. The first kappa shape index (κ1) is 30.6. The molecule has 10 heteroatoms. The van der Waals surface area contributed by atoms with Crippen LogP contribution in [0.25, 0.3) is 0 Å². The summed E-state index contributed by atoms with van der Waals surface area (Å²) < 4.78 is 13.9. The van der Waals surface area contributed by atoms with Gasteiger partial charge in [0.05, 0.1) is 19.6 Å². The number of phenolic OH excluding ortho intramolecular Hbond substituents is 3. The van der Waals surface area contributed by atoms with Crippen LogP contribution in [0.15, 0.2) is 84.3 Å². The molecule has 0 bridgehead atoms. The maximum atomic E-state index is 10.6. The number of aryl methyl sites for hydroxylation is 3. The lowest BCUT2D eigenvalue weighted by atomic mass is 10.1. The van der Waals surface area contributed by atoms with Crippen LogP contribution in [0, 0.1) is 0 Å². The predicted molar refractivity (Wildman–Crippen MR) is 159 cm³/mol. The molecule has 0 saturated heterocycles. The Hall–Kier alpha value is -3.92. The lowest BCUT2D eigenvalue weighted by Gasteiger charge is -2.14. The van der Waals surface area contributed by atoms with E-state index in [2.05, 4.69) is 29.7 Å². The molecule has 0 aliphatic carbocycles. The van der Waals surface area contributed by atoms with Crippen LogP contribution in [0.4, 0.5) is 0 Å². The molecule has 0 radical (unpaired) electrons. The van der Waals surface area contributed by atoms with Crippen molar-refractivity contribution >= 4 is 8.56 Å². The summed E-state index contributed by atoms with van der Waals surface area (Å²) in [7, 11) is -3.24. The van der Waals surface area contributed by atoms with E-state index in [4.69, 9.17) is 0 Å². The van der Waals surface area contributed by atoms with Crippen molar-refractivity contribution in [2.45, 2.75) is 79.1 Å². The Balaban J connectivity index is 1.93. The van der Waals surface area contributed by atoms with Gasteiger partial charge in [-0.2, -0.15) is 29.7 Å². The summed E-state index contributed by atoms with van der Waals surface area (Å²) in [6.07, 6.45) is 2.89. The summed E-state index contributed by atoms with van der Waals surface area (Å²) in [6, 6.07) is 17.4. The van der Waals surface area contributed by atoms with Gasteiger partial charge in [0.15, 0.2) is 0 Å². The van der Waals surface area contributed by atoms with Crippen LogP contribution in [0.5, 0.6) is 17.2 Å². The van der Waals surface area contributed by atoms with E-state index < -0.39 is 8.56 Å². The van der Waals surface area contributed by atoms with E-state index in [1.54, 1.807) is 0 Å². The summed E-state index contributed by atoms with van der Waals surface area (Å²) >= 11 is 0. The maximum Gasteiger partial charge on any atom is 0.490 e. The van der Waals surface area contributed by atoms with Crippen LogP contribution >= 0.6 is 0 Å². The van der Waals surface area contributed by atoms with Gasteiger partial charge < -0.3 is 15.3 Å². The molecule has 0 unspecified atom stereocenters. The van der Waals surface area contributed by atoms with Crippen molar-refractivity contribution in [3.05, 3.63) is 88.0 Å². The SMILES string of the molecule is CCC[Si](N=NCc1cccc(CC)c1O)(N=NCc1cccc(CC)c1O)N=NCc1cccc(CC)c1O. The van der Waals surface area contributed by atoms with Crippen molar-refractivity contribution in [1.82, 2.24) is 0 Å². The van der Waals surface area contributed by atoms with Gasteiger partial charge in [-0.1, -0.05) is 88.7 Å². The minimum atomic E-state index is -3.24. The zero-order valence-electron chi connectivity index (χ0n) is 23.9. The summed E-state index contributed by atoms with van der Waals surface area (Å²) in [5.41, 5.74) is 4.60. The van der Waals surface area contributed by atoms with Crippen LogP contribution < -0.4 is 0 Å². The number of hydrogen-bond donors (Lipinski definition) is 3. The fraction of sp³-hybridized carbons (Fsp3) is 0.400. The minimum absolute atomic E-state index is 0.182. The smallest absolute Gasteiger partial charge is 0.490 e. The van der Waals surface area contributed by atoms with E-state index >= 15 is 0 Å². The monoisotopic (exact) mass is 560 g/mol. The first-order valence-electron chi connectivity index (χ1n) is 13.9. The van der Waals surface area contributed by atoms with Gasteiger partial charge in [0.1, 0.15) is 17.2 Å². The molecule has 212 valence electrons. The summed E-state index contributed by atoms with van der Waals surface area (Å²) in [6.45, 7) is 8.53. The third-order valence-corrected chi connectivity index (χ3v) is 9.31. The van der Waals surface area contributed by atoms with Crippen molar-refractivity contribution in [3.63, 3.8) is 0 Å². The quantitative estimate of drug-likeness (QED) is 0.136. The number of aromatic hydroxyl groups is 3. The van der Waals surface area contributed by atoms with E-state index in [0.29, 0.717) is 42.0 Å².